The highest BCUT2D eigenvalue weighted by atomic mass is 32.2. The third-order valence-electron chi connectivity index (χ3n) is 5.92. The van der Waals surface area contributed by atoms with Crippen molar-refractivity contribution >= 4 is 34.3 Å². The van der Waals surface area contributed by atoms with E-state index >= 15 is 0 Å². The average Bonchev–Trinajstić information content (AvgIpc) is 3.55. The van der Waals surface area contributed by atoms with Gasteiger partial charge in [0, 0.05) is 34.4 Å². The number of methoxy groups -OCH3 is 2. The number of fused-ring (bicyclic) bond motifs is 1. The first-order chi connectivity index (χ1) is 18.8. The second kappa shape index (κ2) is 10.7. The monoisotopic (exact) mass is 553 g/mol. The lowest BCUT2D eigenvalue weighted by Gasteiger charge is -2.15. The van der Waals surface area contributed by atoms with Gasteiger partial charge in [-0.15, -0.1) is 10.2 Å². The molecule has 12 heteroatoms. The topological polar surface area (TPSA) is 94.1 Å². The highest BCUT2D eigenvalue weighted by Gasteiger charge is 2.30. The van der Waals surface area contributed by atoms with Crippen molar-refractivity contribution in [3.63, 3.8) is 0 Å². The lowest BCUT2D eigenvalue weighted by molar-refractivity contribution is -0.137. The largest absolute Gasteiger partial charge is 0.497 e. The first-order valence-corrected chi connectivity index (χ1v) is 12.6. The number of nitrogens with one attached hydrogen (secondary N) is 2. The van der Waals surface area contributed by atoms with Crippen LogP contribution in [0.5, 0.6) is 11.5 Å². The zero-order valence-corrected chi connectivity index (χ0v) is 21.6. The van der Waals surface area contributed by atoms with Crippen molar-refractivity contribution in [2.24, 2.45) is 0 Å². The number of hydrogen-bond acceptors (Lipinski definition) is 6. The fraction of sp³-hybridized carbons (Fsp3) is 0.148. The molecule has 5 aromatic rings. The summed E-state index contributed by atoms with van der Waals surface area (Å²) in [5.41, 5.74) is 1.78. The number of carbonyl (C=O) groups is 1. The number of anilines is 1. The second-order valence-corrected chi connectivity index (χ2v) is 9.28. The zero-order chi connectivity index (χ0) is 27.6. The number of benzene rings is 3. The summed E-state index contributed by atoms with van der Waals surface area (Å²) in [7, 11) is 3.10. The van der Waals surface area contributed by atoms with E-state index < -0.39 is 17.6 Å². The maximum Gasteiger partial charge on any atom is 0.416 e. The Morgan fingerprint density at radius 3 is 2.51 bits per heavy atom. The van der Waals surface area contributed by atoms with Gasteiger partial charge in [0.15, 0.2) is 11.0 Å². The smallest absolute Gasteiger partial charge is 0.416 e. The number of thioether (sulfide) groups is 1. The number of nitrogens with zero attached hydrogens (tertiary/aromatic N) is 3. The Balaban J connectivity index is 1.47. The molecular formula is C27H22F3N5O3S. The van der Waals surface area contributed by atoms with Crippen molar-refractivity contribution in [2.45, 2.75) is 11.3 Å². The number of para-hydroxylation sites is 1. The third kappa shape index (κ3) is 5.41. The van der Waals surface area contributed by atoms with Crippen LogP contribution in [-0.2, 0) is 11.0 Å². The van der Waals surface area contributed by atoms with Crippen molar-refractivity contribution in [3.05, 3.63) is 78.5 Å². The van der Waals surface area contributed by atoms with Crippen LogP contribution in [0, 0.1) is 0 Å². The number of aromatic amines is 1. The van der Waals surface area contributed by atoms with Crippen LogP contribution in [0.1, 0.15) is 5.56 Å². The minimum atomic E-state index is -4.45. The molecule has 0 spiro atoms. The van der Waals surface area contributed by atoms with Gasteiger partial charge in [-0.2, -0.15) is 13.2 Å². The summed E-state index contributed by atoms with van der Waals surface area (Å²) in [6.07, 6.45) is -2.62. The van der Waals surface area contributed by atoms with Crippen molar-refractivity contribution in [1.82, 2.24) is 19.7 Å². The average molecular weight is 554 g/mol. The van der Waals surface area contributed by atoms with Crippen LogP contribution < -0.4 is 14.8 Å². The summed E-state index contributed by atoms with van der Waals surface area (Å²) >= 11 is 1.12. The fourth-order valence-electron chi connectivity index (χ4n) is 4.05. The van der Waals surface area contributed by atoms with Gasteiger partial charge in [0.1, 0.15) is 11.5 Å². The molecule has 0 radical (unpaired) electrons. The lowest BCUT2D eigenvalue weighted by atomic mass is 10.1. The highest BCUT2D eigenvalue weighted by Crippen LogP contribution is 2.37. The molecule has 5 rings (SSSR count). The van der Waals surface area contributed by atoms with E-state index in [1.165, 1.54) is 12.1 Å². The molecular weight excluding hydrogens is 531 g/mol. The van der Waals surface area contributed by atoms with Crippen LogP contribution in [0.15, 0.2) is 78.1 Å². The van der Waals surface area contributed by atoms with E-state index in [1.54, 1.807) is 37.0 Å². The van der Waals surface area contributed by atoms with E-state index in [4.69, 9.17) is 9.47 Å². The van der Waals surface area contributed by atoms with Gasteiger partial charge in [-0.05, 0) is 42.5 Å². The molecule has 0 aliphatic carbocycles. The Morgan fingerprint density at radius 1 is 1.03 bits per heavy atom. The van der Waals surface area contributed by atoms with Crippen molar-refractivity contribution in [1.29, 1.82) is 0 Å². The van der Waals surface area contributed by atoms with E-state index in [9.17, 15) is 18.0 Å². The van der Waals surface area contributed by atoms with Gasteiger partial charge in [-0.1, -0.05) is 30.0 Å². The number of ether oxygens (including phenoxy) is 2. The van der Waals surface area contributed by atoms with Crippen molar-refractivity contribution in [3.8, 4) is 28.6 Å². The Hall–Kier alpha value is -4.45. The van der Waals surface area contributed by atoms with Crippen LogP contribution in [0.3, 0.4) is 0 Å². The van der Waals surface area contributed by atoms with Gasteiger partial charge in [0.05, 0.1) is 31.2 Å². The van der Waals surface area contributed by atoms with Gasteiger partial charge in [0.2, 0.25) is 5.91 Å². The van der Waals surface area contributed by atoms with Crippen LogP contribution in [0.4, 0.5) is 18.9 Å². The number of hydrogen-bond donors (Lipinski definition) is 2. The number of amides is 1. The molecule has 2 heterocycles. The number of aromatic nitrogens is 4. The minimum absolute atomic E-state index is 0.0701. The fourth-order valence-corrected chi connectivity index (χ4v) is 4.80. The molecule has 2 aromatic heterocycles. The quantitative estimate of drug-likeness (QED) is 0.223. The van der Waals surface area contributed by atoms with Crippen molar-refractivity contribution < 1.29 is 27.4 Å². The summed E-state index contributed by atoms with van der Waals surface area (Å²) < 4.78 is 51.3. The molecule has 0 aliphatic rings. The van der Waals surface area contributed by atoms with E-state index in [-0.39, 0.29) is 11.4 Å². The van der Waals surface area contributed by atoms with Crippen LogP contribution in [0.25, 0.3) is 28.0 Å². The minimum Gasteiger partial charge on any atom is -0.497 e. The summed E-state index contributed by atoms with van der Waals surface area (Å²) in [4.78, 5) is 15.9. The number of H-pyrrole nitrogens is 1. The van der Waals surface area contributed by atoms with Gasteiger partial charge >= 0.3 is 6.18 Å². The summed E-state index contributed by atoms with van der Waals surface area (Å²) in [5.74, 6) is 1.15. The molecule has 0 fully saturated rings. The summed E-state index contributed by atoms with van der Waals surface area (Å²) in [6, 6.07) is 17.3. The normalized spacial score (nSPS) is 11.5. The van der Waals surface area contributed by atoms with Crippen LogP contribution >= 0.6 is 11.8 Å². The molecule has 2 N–H and O–H groups in total. The number of alkyl halides is 3. The van der Waals surface area contributed by atoms with E-state index in [0.29, 0.717) is 28.2 Å². The second-order valence-electron chi connectivity index (χ2n) is 8.34. The predicted octanol–water partition coefficient (Wildman–Crippen LogP) is 6.18. The standard InChI is InChI=1S/C27H22F3N5O3S/c1-37-18-11-12-23(38-2)22(13-18)35-25(20-14-31-21-6-4-3-5-19(20)21)33-34-26(35)39-15-24(36)32-17-9-7-16(8-10-17)27(28,29)30/h3-14,31H,15H2,1-2H3,(H,32,36). The van der Waals surface area contributed by atoms with Gasteiger partial charge in [0.25, 0.3) is 0 Å². The first kappa shape index (κ1) is 26.2. The van der Waals surface area contributed by atoms with Gasteiger partial charge < -0.3 is 19.8 Å². The maximum atomic E-state index is 12.8. The molecule has 0 atom stereocenters. The Morgan fingerprint density at radius 2 is 1.79 bits per heavy atom. The Kier molecular flexibility index (Phi) is 7.20. The van der Waals surface area contributed by atoms with Gasteiger partial charge in [-0.3, -0.25) is 9.36 Å². The molecule has 0 saturated heterocycles. The summed E-state index contributed by atoms with van der Waals surface area (Å²) in [5, 5.41) is 12.8. The molecule has 0 bridgehead atoms. The molecule has 200 valence electrons. The van der Waals surface area contributed by atoms with Crippen LogP contribution in [-0.4, -0.2) is 45.6 Å². The van der Waals surface area contributed by atoms with Crippen molar-refractivity contribution in [2.75, 3.05) is 25.3 Å². The molecule has 0 aliphatic heterocycles. The van der Waals surface area contributed by atoms with E-state index in [0.717, 1.165) is 40.4 Å². The predicted molar refractivity (Wildman–Crippen MR) is 143 cm³/mol. The molecule has 3 aromatic carbocycles. The SMILES string of the molecule is COc1ccc(OC)c(-n2c(SCC(=O)Nc3ccc(C(F)(F)F)cc3)nnc2-c2c[nH]c3ccccc23)c1. The van der Waals surface area contributed by atoms with Crippen LogP contribution in [0.2, 0.25) is 0 Å². The number of halogens is 3. The first-order valence-electron chi connectivity index (χ1n) is 11.6. The zero-order valence-electron chi connectivity index (χ0n) is 20.7. The Labute approximate surface area is 225 Å². The van der Waals surface area contributed by atoms with E-state index in [1.807, 2.05) is 30.5 Å². The highest BCUT2D eigenvalue weighted by molar-refractivity contribution is 7.99. The van der Waals surface area contributed by atoms with E-state index in [2.05, 4.69) is 20.5 Å². The number of carbonyl (C=O) groups excluding carboxylic acids is 1. The number of rotatable bonds is 8. The molecule has 1 amide bonds. The Bertz CT molecular complexity index is 1630. The van der Waals surface area contributed by atoms with Gasteiger partial charge in [-0.25, -0.2) is 0 Å². The lowest BCUT2D eigenvalue weighted by Crippen LogP contribution is -2.15. The molecule has 0 saturated carbocycles. The summed E-state index contributed by atoms with van der Waals surface area (Å²) in [6.45, 7) is 0. The molecule has 8 nitrogen and oxygen atoms in total. The third-order valence-corrected chi connectivity index (χ3v) is 6.85. The maximum absolute atomic E-state index is 12.8. The molecule has 39 heavy (non-hydrogen) atoms. The molecule has 0 unspecified atom stereocenters.